The average Bonchev–Trinajstić information content (AvgIpc) is 3.57. The summed E-state index contributed by atoms with van der Waals surface area (Å²) in [5.74, 6) is 2.06. The minimum absolute atomic E-state index is 0.184. The molecule has 1 saturated heterocycles. The number of carbonyl (C=O) groups is 1. The fraction of sp³-hybridized carbons (Fsp3) is 0.333. The van der Waals surface area contributed by atoms with E-state index in [-0.39, 0.29) is 17.7 Å². The summed E-state index contributed by atoms with van der Waals surface area (Å²) >= 11 is 0. The summed E-state index contributed by atoms with van der Waals surface area (Å²) in [6.45, 7) is 1.99. The molecule has 2 aliphatic rings. The molecule has 1 saturated carbocycles. The van der Waals surface area contributed by atoms with Crippen molar-refractivity contribution in [2.24, 2.45) is 11.8 Å². The van der Waals surface area contributed by atoms with Crippen molar-refractivity contribution < 1.29 is 22.7 Å². The molecule has 196 valence electrons. The smallest absolute Gasteiger partial charge is 0.416 e. The Morgan fingerprint density at radius 3 is 2.24 bits per heavy atom. The molecule has 4 aromatic rings. The summed E-state index contributed by atoms with van der Waals surface area (Å²) in [7, 11) is 1.63. The van der Waals surface area contributed by atoms with Crippen LogP contribution in [0.3, 0.4) is 0 Å². The third kappa shape index (κ3) is 4.75. The van der Waals surface area contributed by atoms with Gasteiger partial charge in [0.1, 0.15) is 11.6 Å². The molecule has 1 amide bonds. The summed E-state index contributed by atoms with van der Waals surface area (Å²) < 4.78 is 47.6. The Morgan fingerprint density at radius 1 is 0.947 bits per heavy atom. The first-order valence-corrected chi connectivity index (χ1v) is 12.9. The van der Waals surface area contributed by atoms with Gasteiger partial charge in [-0.25, -0.2) is 4.98 Å². The summed E-state index contributed by atoms with van der Waals surface area (Å²) in [5.41, 5.74) is 3.15. The van der Waals surface area contributed by atoms with Crippen LogP contribution >= 0.6 is 0 Å². The van der Waals surface area contributed by atoms with Gasteiger partial charge in [-0.1, -0.05) is 36.4 Å². The minimum Gasteiger partial charge on any atom is -0.497 e. The van der Waals surface area contributed by atoms with Crippen molar-refractivity contribution in [3.05, 3.63) is 72.3 Å². The van der Waals surface area contributed by atoms with Gasteiger partial charge in [0.05, 0.1) is 23.7 Å². The Hall–Kier alpha value is -3.81. The number of nitrogens with zero attached hydrogens (tertiary/aromatic N) is 3. The van der Waals surface area contributed by atoms with E-state index < -0.39 is 11.7 Å². The topological polar surface area (TPSA) is 47.4 Å². The van der Waals surface area contributed by atoms with E-state index >= 15 is 0 Å². The molecule has 0 bridgehead atoms. The second kappa shape index (κ2) is 9.49. The Balaban J connectivity index is 1.34. The molecule has 38 heavy (non-hydrogen) atoms. The number of halogens is 3. The van der Waals surface area contributed by atoms with Gasteiger partial charge >= 0.3 is 6.18 Å². The summed E-state index contributed by atoms with van der Waals surface area (Å²) in [6, 6.07) is 19.4. The van der Waals surface area contributed by atoms with E-state index in [4.69, 9.17) is 4.74 Å². The Bertz CT molecular complexity index is 1470. The number of likely N-dealkylation sites (tertiary alicyclic amines) is 1. The van der Waals surface area contributed by atoms with E-state index in [1.165, 1.54) is 6.07 Å². The maximum Gasteiger partial charge on any atom is 0.416 e. The number of hydrogen-bond donors (Lipinski definition) is 0. The lowest BCUT2D eigenvalue weighted by Crippen LogP contribution is -2.30. The van der Waals surface area contributed by atoms with Crippen LogP contribution in [-0.2, 0) is 17.5 Å². The van der Waals surface area contributed by atoms with E-state index in [0.29, 0.717) is 29.9 Å². The molecular formula is C30H28F3N3O2. The predicted molar refractivity (Wildman–Crippen MR) is 140 cm³/mol. The van der Waals surface area contributed by atoms with Gasteiger partial charge < -0.3 is 14.2 Å². The minimum atomic E-state index is -4.44. The number of amides is 1. The van der Waals surface area contributed by atoms with E-state index in [2.05, 4.69) is 4.98 Å². The van der Waals surface area contributed by atoms with Crippen molar-refractivity contribution >= 4 is 16.9 Å². The Morgan fingerprint density at radius 2 is 1.61 bits per heavy atom. The third-order valence-corrected chi connectivity index (χ3v) is 7.61. The molecule has 1 aliphatic heterocycles. The summed E-state index contributed by atoms with van der Waals surface area (Å²) in [6.07, 6.45) is -1.61. The van der Waals surface area contributed by atoms with Gasteiger partial charge in [0.25, 0.3) is 0 Å². The van der Waals surface area contributed by atoms with Crippen molar-refractivity contribution in [3.63, 3.8) is 0 Å². The summed E-state index contributed by atoms with van der Waals surface area (Å²) in [4.78, 5) is 19.2. The van der Waals surface area contributed by atoms with Crippen molar-refractivity contribution in [3.8, 4) is 28.3 Å². The zero-order chi connectivity index (χ0) is 26.4. The van der Waals surface area contributed by atoms with Crippen molar-refractivity contribution in [2.45, 2.75) is 32.0 Å². The number of fused-ring (bicyclic) bond motifs is 1. The first kappa shape index (κ1) is 24.5. The largest absolute Gasteiger partial charge is 0.497 e. The standard InChI is InChI=1S/C30H28F3N3O2/c1-38-25-11-8-21(9-12-25)20-2-4-22(5-3-20)28-34-26-16-24(30(31,32)33)10-13-27(26)36(28)18-19-14-15-35(17-19)29(37)23-6-7-23/h2-5,8-13,16,19,23H,6-7,14-15,17-18H2,1H3/t19-/m0/s1. The molecule has 0 spiro atoms. The van der Waals surface area contributed by atoms with Gasteiger partial charge in [0, 0.05) is 31.1 Å². The van der Waals surface area contributed by atoms with Gasteiger partial charge in [0.15, 0.2) is 0 Å². The number of ether oxygens (including phenoxy) is 1. The molecule has 6 rings (SSSR count). The van der Waals surface area contributed by atoms with Crippen LogP contribution in [0.2, 0.25) is 0 Å². The highest BCUT2D eigenvalue weighted by Crippen LogP contribution is 2.36. The van der Waals surface area contributed by atoms with Gasteiger partial charge in [-0.05, 0) is 66.6 Å². The van der Waals surface area contributed by atoms with E-state index in [1.807, 2.05) is 58.0 Å². The Kier molecular flexibility index (Phi) is 6.13. The monoisotopic (exact) mass is 519 g/mol. The van der Waals surface area contributed by atoms with Crippen molar-refractivity contribution in [1.82, 2.24) is 14.5 Å². The molecule has 0 N–H and O–H groups in total. The van der Waals surface area contributed by atoms with Crippen molar-refractivity contribution in [1.29, 1.82) is 0 Å². The Labute approximate surface area is 218 Å². The normalized spacial score (nSPS) is 17.8. The molecule has 1 aliphatic carbocycles. The highest BCUT2D eigenvalue weighted by atomic mass is 19.4. The first-order chi connectivity index (χ1) is 18.3. The lowest BCUT2D eigenvalue weighted by Gasteiger charge is -2.18. The highest BCUT2D eigenvalue weighted by molar-refractivity contribution is 5.82. The number of benzene rings is 3. The lowest BCUT2D eigenvalue weighted by molar-refractivity contribution is -0.137. The maximum absolute atomic E-state index is 13.4. The van der Waals surface area contributed by atoms with Crippen LogP contribution in [0, 0.1) is 11.8 Å². The van der Waals surface area contributed by atoms with Crippen molar-refractivity contribution in [2.75, 3.05) is 20.2 Å². The number of aromatic nitrogens is 2. The molecule has 2 heterocycles. The number of hydrogen-bond acceptors (Lipinski definition) is 3. The number of methoxy groups -OCH3 is 1. The molecule has 0 unspecified atom stereocenters. The zero-order valence-corrected chi connectivity index (χ0v) is 21.0. The van der Waals surface area contributed by atoms with Crippen LogP contribution in [0.5, 0.6) is 5.75 Å². The third-order valence-electron chi connectivity index (χ3n) is 7.61. The molecule has 2 fully saturated rings. The SMILES string of the molecule is COc1ccc(-c2ccc(-c3nc4cc(C(F)(F)F)ccc4n3C[C@H]3CCN(C(=O)C4CC4)C3)cc2)cc1. The molecule has 1 aromatic heterocycles. The van der Waals surface area contributed by atoms with E-state index in [0.717, 1.165) is 60.4 Å². The quantitative estimate of drug-likeness (QED) is 0.286. The molecule has 8 heteroatoms. The number of carbonyl (C=O) groups excluding carboxylic acids is 1. The maximum atomic E-state index is 13.4. The molecular weight excluding hydrogens is 491 g/mol. The van der Waals surface area contributed by atoms with Crippen LogP contribution in [0.25, 0.3) is 33.5 Å². The van der Waals surface area contributed by atoms with E-state index in [1.54, 1.807) is 7.11 Å². The second-order valence-corrected chi connectivity index (χ2v) is 10.3. The second-order valence-electron chi connectivity index (χ2n) is 10.3. The molecule has 3 aromatic carbocycles. The van der Waals surface area contributed by atoms with Gasteiger partial charge in [-0.15, -0.1) is 0 Å². The number of imidazole rings is 1. The van der Waals surface area contributed by atoms with Crippen LogP contribution < -0.4 is 4.74 Å². The van der Waals surface area contributed by atoms with Gasteiger partial charge in [-0.3, -0.25) is 4.79 Å². The van der Waals surface area contributed by atoms with Crippen LogP contribution in [0.15, 0.2) is 66.7 Å². The van der Waals surface area contributed by atoms with Gasteiger partial charge in [0.2, 0.25) is 5.91 Å². The molecule has 0 radical (unpaired) electrons. The molecule has 1 atom stereocenters. The lowest BCUT2D eigenvalue weighted by atomic mass is 10.0. The van der Waals surface area contributed by atoms with Crippen LogP contribution in [0.1, 0.15) is 24.8 Å². The predicted octanol–water partition coefficient (Wildman–Crippen LogP) is 6.66. The summed E-state index contributed by atoms with van der Waals surface area (Å²) in [5, 5.41) is 0. The van der Waals surface area contributed by atoms with E-state index in [9.17, 15) is 18.0 Å². The number of alkyl halides is 3. The zero-order valence-electron chi connectivity index (χ0n) is 21.0. The molecule has 5 nitrogen and oxygen atoms in total. The average molecular weight is 520 g/mol. The van der Waals surface area contributed by atoms with Gasteiger partial charge in [-0.2, -0.15) is 13.2 Å². The number of rotatable bonds is 6. The fourth-order valence-electron chi connectivity index (χ4n) is 5.34. The highest BCUT2D eigenvalue weighted by Gasteiger charge is 2.37. The first-order valence-electron chi connectivity index (χ1n) is 12.9. The van der Waals surface area contributed by atoms with Crippen LogP contribution in [0.4, 0.5) is 13.2 Å². The fourth-order valence-corrected chi connectivity index (χ4v) is 5.34. The van der Waals surface area contributed by atoms with Crippen LogP contribution in [-0.4, -0.2) is 40.6 Å².